The molecule has 0 fully saturated rings. The number of aromatic nitrogens is 1. The summed E-state index contributed by atoms with van der Waals surface area (Å²) in [6, 6.07) is 19.6. The number of ether oxygens (including phenoxy) is 1. The molecule has 1 aromatic heterocycles. The van der Waals surface area contributed by atoms with Crippen molar-refractivity contribution in [3.8, 4) is 0 Å². The van der Waals surface area contributed by atoms with E-state index in [0.29, 0.717) is 24.9 Å². The summed E-state index contributed by atoms with van der Waals surface area (Å²) in [5, 5.41) is 9.93. The van der Waals surface area contributed by atoms with Crippen molar-refractivity contribution in [2.24, 2.45) is 11.3 Å². The van der Waals surface area contributed by atoms with E-state index in [-0.39, 0.29) is 23.3 Å². The number of nitrogens with one attached hydrogen (secondary N) is 2. The van der Waals surface area contributed by atoms with Crippen LogP contribution in [0.25, 0.3) is 0 Å². The molecule has 3 rings (SSSR count). The van der Waals surface area contributed by atoms with E-state index in [9.17, 15) is 9.59 Å². The fraction of sp³-hybridized carbons (Fsp3) is 0.485. The summed E-state index contributed by atoms with van der Waals surface area (Å²) in [7, 11) is -1.36. The average molecular weight is 593 g/mol. The fourth-order valence-electron chi connectivity index (χ4n) is 5.23. The lowest BCUT2D eigenvalue weighted by molar-refractivity contribution is -0.134. The summed E-state index contributed by atoms with van der Waals surface area (Å²) >= 11 is 0. The number of amides is 2. The van der Waals surface area contributed by atoms with Gasteiger partial charge in [-0.3, -0.25) is 4.79 Å². The SMILES string of the molecule is C[Si](C)O[C@@](Cc1ccccc1)(C[C@H]([C@H](Cc1ccccc1)NC(=O)OC(C)(C)C)C(C)(C)C)C(=O)Nc1cnoc1. The summed E-state index contributed by atoms with van der Waals surface area (Å²) in [6.07, 6.45) is 3.66. The first kappa shape index (κ1) is 33.1. The molecular formula is C33H46N3O5Si. The van der Waals surface area contributed by atoms with Crippen molar-refractivity contribution in [2.45, 2.75) is 91.1 Å². The van der Waals surface area contributed by atoms with Gasteiger partial charge in [0.25, 0.3) is 5.91 Å². The monoisotopic (exact) mass is 592 g/mol. The highest BCUT2D eigenvalue weighted by Gasteiger charge is 2.47. The highest BCUT2D eigenvalue weighted by Crippen LogP contribution is 2.40. The fourth-order valence-corrected chi connectivity index (χ4v) is 6.25. The van der Waals surface area contributed by atoms with Crippen LogP contribution in [0.5, 0.6) is 0 Å². The van der Waals surface area contributed by atoms with Gasteiger partial charge in [0.15, 0.2) is 0 Å². The van der Waals surface area contributed by atoms with Crippen LogP contribution in [0.15, 0.2) is 77.6 Å². The van der Waals surface area contributed by atoms with E-state index in [0.717, 1.165) is 11.1 Å². The summed E-state index contributed by atoms with van der Waals surface area (Å²) in [4.78, 5) is 27.5. The van der Waals surface area contributed by atoms with Crippen LogP contribution in [0, 0.1) is 11.3 Å². The van der Waals surface area contributed by atoms with E-state index in [1.165, 1.54) is 12.5 Å². The number of carbonyl (C=O) groups is 2. The first-order chi connectivity index (χ1) is 19.7. The molecule has 0 spiro atoms. The predicted molar refractivity (Wildman–Crippen MR) is 167 cm³/mol. The van der Waals surface area contributed by atoms with Crippen LogP contribution in [-0.4, -0.2) is 43.4 Å². The average Bonchev–Trinajstić information content (AvgIpc) is 3.39. The molecule has 227 valence electrons. The zero-order valence-corrected chi connectivity index (χ0v) is 27.2. The highest BCUT2D eigenvalue weighted by atomic mass is 28.3. The summed E-state index contributed by atoms with van der Waals surface area (Å²) in [6.45, 7) is 16.0. The first-order valence-corrected chi connectivity index (χ1v) is 16.8. The van der Waals surface area contributed by atoms with Crippen LogP contribution in [0.1, 0.15) is 59.1 Å². The van der Waals surface area contributed by atoms with E-state index in [1.54, 1.807) is 0 Å². The quantitative estimate of drug-likeness (QED) is 0.219. The van der Waals surface area contributed by atoms with E-state index in [2.05, 4.69) is 48.7 Å². The van der Waals surface area contributed by atoms with Gasteiger partial charge in [0, 0.05) is 12.5 Å². The third-order valence-electron chi connectivity index (χ3n) is 6.98. The standard InChI is InChI=1S/C33H46N3O5Si/c1-31(2,3)27(28(19-24-15-11-9-12-16-24)36-30(38)40-32(4,5)6)21-33(41-42(7)8,20-25-17-13-10-14-18-25)29(37)35-26-22-34-39-23-26/h9-18,22-23,27-28H,19-21H2,1-8H3,(H,35,37)(H,36,38)/t27-,28+,33+/m1/s1. The predicted octanol–water partition coefficient (Wildman–Crippen LogP) is 7.05. The third-order valence-corrected chi connectivity index (χ3v) is 7.78. The Labute approximate surface area is 252 Å². The number of alkyl carbamates (subject to hydrolysis) is 1. The number of hydrogen-bond acceptors (Lipinski definition) is 6. The molecule has 0 aliphatic heterocycles. The molecule has 0 aliphatic rings. The minimum absolute atomic E-state index is 0.191. The summed E-state index contributed by atoms with van der Waals surface area (Å²) in [5.74, 6) is -0.464. The molecule has 1 radical (unpaired) electrons. The number of carbonyl (C=O) groups excluding carboxylic acids is 2. The Hall–Kier alpha value is -3.43. The van der Waals surface area contributed by atoms with Gasteiger partial charge in [-0.05, 0) is 69.2 Å². The highest BCUT2D eigenvalue weighted by molar-refractivity contribution is 6.48. The number of rotatable bonds is 12. The van der Waals surface area contributed by atoms with Gasteiger partial charge in [-0.15, -0.1) is 0 Å². The molecule has 42 heavy (non-hydrogen) atoms. The molecule has 0 bridgehead atoms. The molecule has 0 saturated carbocycles. The Kier molecular flexibility index (Phi) is 11.1. The number of benzene rings is 2. The van der Waals surface area contributed by atoms with Crippen molar-refractivity contribution in [3.63, 3.8) is 0 Å². The van der Waals surface area contributed by atoms with Gasteiger partial charge in [-0.25, -0.2) is 4.79 Å². The maximum absolute atomic E-state index is 14.3. The van der Waals surface area contributed by atoms with Gasteiger partial charge < -0.3 is 24.3 Å². The maximum atomic E-state index is 14.3. The second kappa shape index (κ2) is 14.2. The Balaban J connectivity index is 2.11. The van der Waals surface area contributed by atoms with Gasteiger partial charge in [0.2, 0.25) is 9.04 Å². The molecule has 2 N–H and O–H groups in total. The van der Waals surface area contributed by atoms with Crippen molar-refractivity contribution in [3.05, 3.63) is 84.3 Å². The lowest BCUT2D eigenvalue weighted by atomic mass is 9.68. The molecule has 0 unspecified atom stereocenters. The van der Waals surface area contributed by atoms with E-state index < -0.39 is 26.3 Å². The normalized spacial score (nSPS) is 15.0. The van der Waals surface area contributed by atoms with Crippen LogP contribution < -0.4 is 10.6 Å². The maximum Gasteiger partial charge on any atom is 0.407 e. The minimum atomic E-state index is -1.36. The van der Waals surface area contributed by atoms with Crippen LogP contribution in [0.2, 0.25) is 13.1 Å². The second-order valence-corrected chi connectivity index (χ2v) is 15.2. The van der Waals surface area contributed by atoms with Gasteiger partial charge in [0.05, 0.1) is 6.20 Å². The molecule has 1 heterocycles. The van der Waals surface area contributed by atoms with Crippen LogP contribution in [0.3, 0.4) is 0 Å². The topological polar surface area (TPSA) is 103 Å². The molecule has 9 heteroatoms. The zero-order chi connectivity index (χ0) is 31.0. The van der Waals surface area contributed by atoms with Crippen molar-refractivity contribution in [1.29, 1.82) is 0 Å². The number of nitrogens with zero attached hydrogens (tertiary/aromatic N) is 1. The van der Waals surface area contributed by atoms with Gasteiger partial charge in [-0.2, -0.15) is 0 Å². The Morgan fingerprint density at radius 3 is 2.02 bits per heavy atom. The van der Waals surface area contributed by atoms with Crippen molar-refractivity contribution in [2.75, 3.05) is 5.32 Å². The van der Waals surface area contributed by atoms with Crippen molar-refractivity contribution in [1.82, 2.24) is 10.5 Å². The Morgan fingerprint density at radius 1 is 0.929 bits per heavy atom. The first-order valence-electron chi connectivity index (χ1n) is 14.4. The molecule has 8 nitrogen and oxygen atoms in total. The zero-order valence-electron chi connectivity index (χ0n) is 26.2. The van der Waals surface area contributed by atoms with Crippen LogP contribution >= 0.6 is 0 Å². The molecule has 2 aromatic carbocycles. The molecule has 3 atom stereocenters. The second-order valence-electron chi connectivity index (χ2n) is 13.2. The molecule has 2 amide bonds. The van der Waals surface area contributed by atoms with Gasteiger partial charge in [-0.1, -0.05) is 86.6 Å². The smallest absolute Gasteiger partial charge is 0.407 e. The van der Waals surface area contributed by atoms with Gasteiger partial charge >= 0.3 is 6.09 Å². The minimum Gasteiger partial charge on any atom is -0.444 e. The molecule has 0 saturated heterocycles. The van der Waals surface area contributed by atoms with Crippen molar-refractivity contribution >= 4 is 26.7 Å². The third kappa shape index (κ3) is 10.1. The van der Waals surface area contributed by atoms with E-state index in [4.69, 9.17) is 13.7 Å². The Bertz CT molecular complexity index is 1250. The van der Waals surface area contributed by atoms with Crippen LogP contribution in [-0.2, 0) is 26.8 Å². The number of anilines is 1. The van der Waals surface area contributed by atoms with Gasteiger partial charge in [0.1, 0.15) is 23.2 Å². The lowest BCUT2D eigenvalue weighted by Crippen LogP contribution is -2.56. The summed E-state index contributed by atoms with van der Waals surface area (Å²) in [5.41, 5.74) is 0.298. The number of hydrogen-bond donors (Lipinski definition) is 2. The van der Waals surface area contributed by atoms with Crippen molar-refractivity contribution < 1.29 is 23.3 Å². The molecule has 0 aliphatic carbocycles. The molecular weight excluding hydrogens is 546 g/mol. The van der Waals surface area contributed by atoms with E-state index in [1.807, 2.05) is 82.4 Å². The van der Waals surface area contributed by atoms with E-state index >= 15 is 0 Å². The largest absolute Gasteiger partial charge is 0.444 e. The molecule has 3 aromatic rings. The lowest BCUT2D eigenvalue weighted by Gasteiger charge is -2.44. The van der Waals surface area contributed by atoms with Crippen LogP contribution in [0.4, 0.5) is 10.5 Å². The summed E-state index contributed by atoms with van der Waals surface area (Å²) < 4.78 is 17.5. The Morgan fingerprint density at radius 2 is 1.52 bits per heavy atom.